The third-order valence-electron chi connectivity index (χ3n) is 4.08. The van der Waals surface area contributed by atoms with Crippen molar-refractivity contribution < 1.29 is 9.53 Å². The van der Waals surface area contributed by atoms with Gasteiger partial charge >= 0.3 is 5.97 Å². The van der Waals surface area contributed by atoms with Crippen molar-refractivity contribution >= 4 is 16.9 Å². The molecular weight excluding hydrogens is 298 g/mol. The highest BCUT2D eigenvalue weighted by Gasteiger charge is 2.15. The third kappa shape index (κ3) is 3.07. The molecule has 1 aromatic heterocycles. The molecule has 2 aromatic rings. The smallest absolute Gasteiger partial charge is 0.337 e. The maximum absolute atomic E-state index is 11.8. The topological polar surface area (TPSA) is 31.2 Å². The fourth-order valence-electron chi connectivity index (χ4n) is 2.81. The molecule has 0 saturated carbocycles. The molecule has 0 N–H and O–H groups in total. The first kappa shape index (κ1) is 16.0. The fraction of sp³-hybridized carbons (Fsp3) is 0.286. The molecule has 0 unspecified atom stereocenters. The first-order valence-corrected chi connectivity index (χ1v) is 8.06. The van der Waals surface area contributed by atoms with Crippen molar-refractivity contribution in [3.63, 3.8) is 0 Å². The zero-order chi connectivity index (χ0) is 16.9. The summed E-state index contributed by atoms with van der Waals surface area (Å²) >= 11 is 0. The van der Waals surface area contributed by atoms with Gasteiger partial charge in [0.1, 0.15) is 5.69 Å². The van der Waals surface area contributed by atoms with Crippen LogP contribution in [0.15, 0.2) is 30.4 Å². The van der Waals surface area contributed by atoms with Gasteiger partial charge in [0.15, 0.2) is 0 Å². The van der Waals surface area contributed by atoms with Gasteiger partial charge in [0.05, 0.1) is 23.8 Å². The van der Waals surface area contributed by atoms with Crippen LogP contribution in [0.5, 0.6) is 0 Å². The average Bonchev–Trinajstić information content (AvgIpc) is 2.85. The van der Waals surface area contributed by atoms with Crippen molar-refractivity contribution in [1.29, 1.82) is 0 Å². The fourth-order valence-corrected chi connectivity index (χ4v) is 2.81. The molecule has 3 rings (SSSR count). The summed E-state index contributed by atoms with van der Waals surface area (Å²) in [7, 11) is 3.38. The van der Waals surface area contributed by atoms with E-state index < -0.39 is 0 Å². The van der Waals surface area contributed by atoms with Gasteiger partial charge in [-0.15, -0.1) is 0 Å². The van der Waals surface area contributed by atoms with E-state index in [4.69, 9.17) is 4.74 Å². The van der Waals surface area contributed by atoms with Gasteiger partial charge < -0.3 is 9.30 Å². The Balaban J connectivity index is 2.21. The van der Waals surface area contributed by atoms with Crippen LogP contribution in [-0.2, 0) is 11.8 Å². The number of methoxy groups -OCH3 is 1. The summed E-state index contributed by atoms with van der Waals surface area (Å²) in [5.74, 6) is 12.6. The van der Waals surface area contributed by atoms with Crippen molar-refractivity contribution in [1.82, 2.24) is 4.57 Å². The van der Waals surface area contributed by atoms with Crippen LogP contribution in [0.1, 0.15) is 47.3 Å². The van der Waals surface area contributed by atoms with E-state index in [2.05, 4.69) is 40.4 Å². The van der Waals surface area contributed by atoms with Crippen LogP contribution in [-0.4, -0.2) is 17.6 Å². The zero-order valence-electron chi connectivity index (χ0n) is 14.0. The Kier molecular flexibility index (Phi) is 4.73. The molecular formula is C21H19NO2. The number of rotatable bonds is 1. The van der Waals surface area contributed by atoms with Crippen LogP contribution in [0.3, 0.4) is 0 Å². The Morgan fingerprint density at radius 2 is 1.83 bits per heavy atom. The van der Waals surface area contributed by atoms with Gasteiger partial charge in [-0.2, -0.15) is 0 Å². The quantitative estimate of drug-likeness (QED) is 0.455. The van der Waals surface area contributed by atoms with Gasteiger partial charge in [0, 0.05) is 25.3 Å². The van der Waals surface area contributed by atoms with E-state index in [1.807, 2.05) is 19.2 Å². The maximum Gasteiger partial charge on any atom is 0.337 e. The summed E-state index contributed by atoms with van der Waals surface area (Å²) in [5.41, 5.74) is 3.35. The molecule has 3 heteroatoms. The molecule has 0 radical (unpaired) electrons. The van der Waals surface area contributed by atoms with E-state index in [9.17, 15) is 4.79 Å². The molecule has 120 valence electrons. The van der Waals surface area contributed by atoms with Crippen LogP contribution >= 0.6 is 0 Å². The Hall–Kier alpha value is -2.91. The number of aryl methyl sites for hydroxylation is 1. The molecule has 1 aliphatic carbocycles. The summed E-state index contributed by atoms with van der Waals surface area (Å²) in [4.78, 5) is 11.8. The van der Waals surface area contributed by atoms with E-state index in [-0.39, 0.29) is 5.97 Å². The number of nitrogens with zero attached hydrogens (tertiary/aromatic N) is 1. The summed E-state index contributed by atoms with van der Waals surface area (Å²) in [6, 6.07) is 5.56. The number of fused-ring (bicyclic) bond motifs is 3. The largest absolute Gasteiger partial charge is 0.465 e. The number of hydrogen-bond donors (Lipinski definition) is 0. The standard InChI is InChI=1S/C21H19NO2/c1-22-19-12-10-8-6-4-3-5-7-9-11-17(19)18-15-16(21(23)24-2)13-14-20(18)22/h3-4,13-15H,5-8H2,1-2H3/b4-3-. The van der Waals surface area contributed by atoms with Crippen molar-refractivity contribution in [3.05, 3.63) is 47.2 Å². The number of ether oxygens (including phenoxy) is 1. The molecule has 0 amide bonds. The van der Waals surface area contributed by atoms with E-state index >= 15 is 0 Å². The molecule has 0 fully saturated rings. The highest BCUT2D eigenvalue weighted by molar-refractivity contribution is 5.98. The van der Waals surface area contributed by atoms with Crippen molar-refractivity contribution in [2.24, 2.45) is 7.05 Å². The van der Waals surface area contributed by atoms with E-state index in [0.29, 0.717) is 5.56 Å². The van der Waals surface area contributed by atoms with E-state index in [1.54, 1.807) is 6.07 Å². The highest BCUT2D eigenvalue weighted by Crippen LogP contribution is 2.26. The predicted octanol–water partition coefficient (Wildman–Crippen LogP) is 3.80. The second-order valence-corrected chi connectivity index (χ2v) is 5.66. The highest BCUT2D eigenvalue weighted by atomic mass is 16.5. The molecule has 3 nitrogen and oxygen atoms in total. The lowest BCUT2D eigenvalue weighted by molar-refractivity contribution is 0.0601. The van der Waals surface area contributed by atoms with E-state index in [1.165, 1.54) is 7.11 Å². The minimum atomic E-state index is -0.341. The number of carbonyl (C=O) groups excluding carboxylic acids is 1. The van der Waals surface area contributed by atoms with Gasteiger partial charge in [0.2, 0.25) is 0 Å². The molecule has 0 atom stereocenters. The lowest BCUT2D eigenvalue weighted by Crippen LogP contribution is -2.00. The van der Waals surface area contributed by atoms with Gasteiger partial charge in [0.25, 0.3) is 0 Å². The Bertz CT molecular complexity index is 939. The molecule has 1 heterocycles. The summed E-state index contributed by atoms with van der Waals surface area (Å²) in [6.45, 7) is 0. The second-order valence-electron chi connectivity index (χ2n) is 5.66. The third-order valence-corrected chi connectivity index (χ3v) is 4.08. The minimum Gasteiger partial charge on any atom is -0.465 e. The second kappa shape index (κ2) is 7.11. The molecule has 0 spiro atoms. The first-order valence-electron chi connectivity index (χ1n) is 8.06. The lowest BCUT2D eigenvalue weighted by Gasteiger charge is -2.00. The maximum atomic E-state index is 11.8. The van der Waals surface area contributed by atoms with E-state index in [0.717, 1.165) is 47.8 Å². The number of esters is 1. The number of hydrogen-bond acceptors (Lipinski definition) is 2. The first-order chi connectivity index (χ1) is 11.7. The summed E-state index contributed by atoms with van der Waals surface area (Å²) in [6.07, 6.45) is 7.90. The van der Waals surface area contributed by atoms with Crippen LogP contribution in [0.2, 0.25) is 0 Å². The average molecular weight is 317 g/mol. The van der Waals surface area contributed by atoms with Gasteiger partial charge in [-0.25, -0.2) is 4.79 Å². The van der Waals surface area contributed by atoms with Crippen molar-refractivity contribution in [2.45, 2.75) is 25.7 Å². The monoisotopic (exact) mass is 317 g/mol. The Morgan fingerprint density at radius 3 is 2.54 bits per heavy atom. The summed E-state index contributed by atoms with van der Waals surface area (Å²) < 4.78 is 6.88. The number of carbonyl (C=O) groups is 1. The number of aromatic nitrogens is 1. The number of benzene rings is 1. The zero-order valence-corrected chi connectivity index (χ0v) is 14.0. The van der Waals surface area contributed by atoms with Crippen molar-refractivity contribution in [2.75, 3.05) is 7.11 Å². The lowest BCUT2D eigenvalue weighted by atomic mass is 10.1. The predicted molar refractivity (Wildman–Crippen MR) is 95.6 cm³/mol. The number of allylic oxidation sites excluding steroid dienone is 2. The normalized spacial score (nSPS) is 14.9. The Labute approximate surface area is 142 Å². The molecule has 0 bridgehead atoms. The molecule has 0 saturated heterocycles. The summed E-state index contributed by atoms with van der Waals surface area (Å²) in [5, 5.41) is 0.949. The van der Waals surface area contributed by atoms with Crippen LogP contribution in [0, 0.1) is 23.7 Å². The minimum absolute atomic E-state index is 0.341. The van der Waals surface area contributed by atoms with Crippen molar-refractivity contribution in [3.8, 4) is 23.7 Å². The molecule has 0 aliphatic heterocycles. The van der Waals surface area contributed by atoms with Gasteiger partial charge in [-0.1, -0.05) is 29.9 Å². The molecule has 24 heavy (non-hydrogen) atoms. The van der Waals surface area contributed by atoms with Crippen LogP contribution < -0.4 is 0 Å². The SMILES string of the molecule is COC(=O)c1ccc2c(c1)c1c(n2C)C#CCC/C=C\CCC#C1. The molecule has 1 aliphatic rings. The van der Waals surface area contributed by atoms with Gasteiger partial charge in [-0.3, -0.25) is 0 Å². The van der Waals surface area contributed by atoms with Gasteiger partial charge in [-0.05, 0) is 37.0 Å². The van der Waals surface area contributed by atoms with Crippen LogP contribution in [0.25, 0.3) is 10.9 Å². The van der Waals surface area contributed by atoms with Crippen LogP contribution in [0.4, 0.5) is 0 Å². The Morgan fingerprint density at radius 1 is 1.12 bits per heavy atom. The molecule has 1 aromatic carbocycles.